The summed E-state index contributed by atoms with van der Waals surface area (Å²) in [6.45, 7) is 8.86. The molecule has 0 atom stereocenters. The number of benzene rings is 1. The molecule has 5 nitrogen and oxygen atoms in total. The normalized spacial score (nSPS) is 15.1. The molecule has 26 heavy (non-hydrogen) atoms. The quantitative estimate of drug-likeness (QED) is 0.676. The number of amides is 2. The molecule has 0 saturated carbocycles. The first-order valence-corrected chi connectivity index (χ1v) is 10.7. The number of piperazine rings is 1. The Balaban J connectivity index is 1.68. The average molecular weight is 398 g/mol. The Bertz CT molecular complexity index is 602. The zero-order valence-electron chi connectivity index (χ0n) is 15.6. The summed E-state index contributed by atoms with van der Waals surface area (Å²) in [6, 6.07) is 7.74. The number of rotatable bonds is 8. The van der Waals surface area contributed by atoms with Crippen LogP contribution in [0.4, 0.5) is 0 Å². The molecule has 0 spiro atoms. The largest absolute Gasteiger partial charge is 0.342 e. The molecule has 0 N–H and O–H groups in total. The highest BCUT2D eigenvalue weighted by Crippen LogP contribution is 2.17. The van der Waals surface area contributed by atoms with Crippen molar-refractivity contribution in [3.05, 3.63) is 34.9 Å². The van der Waals surface area contributed by atoms with Gasteiger partial charge in [-0.2, -0.15) is 0 Å². The molecule has 144 valence electrons. The number of carbonyl (C=O) groups is 2. The second-order valence-electron chi connectivity index (χ2n) is 6.35. The summed E-state index contributed by atoms with van der Waals surface area (Å²) in [5, 5.41) is 0.727. The Kier molecular flexibility index (Phi) is 8.75. The molecule has 1 aromatic rings. The van der Waals surface area contributed by atoms with Gasteiger partial charge in [-0.3, -0.25) is 14.5 Å². The third kappa shape index (κ3) is 6.49. The van der Waals surface area contributed by atoms with Crippen LogP contribution in [0.15, 0.2) is 24.3 Å². The molecule has 0 aliphatic carbocycles. The van der Waals surface area contributed by atoms with Crippen LogP contribution in [0.3, 0.4) is 0 Å². The summed E-state index contributed by atoms with van der Waals surface area (Å²) >= 11 is 7.59. The lowest BCUT2D eigenvalue weighted by Gasteiger charge is -2.35. The number of thioether (sulfide) groups is 1. The fraction of sp³-hybridized carbons (Fsp3) is 0.579. The fourth-order valence-corrected chi connectivity index (χ4v) is 4.08. The van der Waals surface area contributed by atoms with E-state index in [1.807, 2.05) is 47.9 Å². The van der Waals surface area contributed by atoms with Crippen molar-refractivity contribution in [2.75, 3.05) is 51.6 Å². The summed E-state index contributed by atoms with van der Waals surface area (Å²) < 4.78 is 0. The van der Waals surface area contributed by atoms with Crippen LogP contribution in [0.2, 0.25) is 5.02 Å². The Labute approximate surface area is 165 Å². The van der Waals surface area contributed by atoms with Crippen LogP contribution >= 0.6 is 23.4 Å². The molecule has 1 aliphatic rings. The number of hydrogen-bond acceptors (Lipinski definition) is 4. The van der Waals surface area contributed by atoms with Gasteiger partial charge in [0.25, 0.3) is 0 Å². The molecule has 2 amide bonds. The van der Waals surface area contributed by atoms with E-state index in [0.717, 1.165) is 42.5 Å². The summed E-state index contributed by atoms with van der Waals surface area (Å²) in [4.78, 5) is 30.4. The van der Waals surface area contributed by atoms with Gasteiger partial charge < -0.3 is 9.80 Å². The molecule has 1 aliphatic heterocycles. The third-order valence-electron chi connectivity index (χ3n) is 4.58. The van der Waals surface area contributed by atoms with Gasteiger partial charge in [0.15, 0.2) is 0 Å². The Hall–Kier alpha value is -1.24. The van der Waals surface area contributed by atoms with Crippen LogP contribution in [-0.2, 0) is 15.3 Å². The van der Waals surface area contributed by atoms with Gasteiger partial charge in [-0.1, -0.05) is 23.7 Å². The lowest BCUT2D eigenvalue weighted by atomic mass is 10.2. The topological polar surface area (TPSA) is 43.9 Å². The molecule has 7 heteroatoms. The van der Waals surface area contributed by atoms with E-state index in [1.165, 1.54) is 0 Å². The molecular formula is C19H28ClN3O2S. The van der Waals surface area contributed by atoms with Crippen molar-refractivity contribution < 1.29 is 9.59 Å². The van der Waals surface area contributed by atoms with Crippen molar-refractivity contribution in [3.8, 4) is 0 Å². The second-order valence-corrected chi connectivity index (χ2v) is 7.77. The average Bonchev–Trinajstić information content (AvgIpc) is 2.63. The summed E-state index contributed by atoms with van der Waals surface area (Å²) in [5.74, 6) is 1.61. The maximum atomic E-state index is 12.4. The lowest BCUT2D eigenvalue weighted by Crippen LogP contribution is -2.52. The molecular weight excluding hydrogens is 370 g/mol. The van der Waals surface area contributed by atoms with E-state index < -0.39 is 0 Å². The van der Waals surface area contributed by atoms with E-state index in [1.54, 1.807) is 11.8 Å². The number of hydrogen-bond donors (Lipinski definition) is 0. The van der Waals surface area contributed by atoms with E-state index in [2.05, 4.69) is 4.90 Å². The van der Waals surface area contributed by atoms with Crippen LogP contribution in [0.25, 0.3) is 0 Å². The fourth-order valence-electron chi connectivity index (χ4n) is 3.00. The van der Waals surface area contributed by atoms with Gasteiger partial charge in [-0.05, 0) is 31.5 Å². The molecule has 0 aromatic heterocycles. The lowest BCUT2D eigenvalue weighted by molar-refractivity contribution is -0.133. The molecule has 1 saturated heterocycles. The van der Waals surface area contributed by atoms with E-state index in [9.17, 15) is 9.59 Å². The first-order chi connectivity index (χ1) is 12.5. The van der Waals surface area contributed by atoms with Crippen LogP contribution in [0.5, 0.6) is 0 Å². The molecule has 1 heterocycles. The molecule has 0 unspecified atom stereocenters. The van der Waals surface area contributed by atoms with Crippen LogP contribution in [0.1, 0.15) is 19.4 Å². The molecule has 2 rings (SSSR count). The van der Waals surface area contributed by atoms with Crippen LogP contribution < -0.4 is 0 Å². The van der Waals surface area contributed by atoms with Gasteiger partial charge in [0.1, 0.15) is 0 Å². The van der Waals surface area contributed by atoms with Crippen molar-refractivity contribution >= 4 is 35.2 Å². The van der Waals surface area contributed by atoms with E-state index in [-0.39, 0.29) is 11.8 Å². The summed E-state index contributed by atoms with van der Waals surface area (Å²) in [7, 11) is 0. The first-order valence-electron chi connectivity index (χ1n) is 9.13. The van der Waals surface area contributed by atoms with Crippen molar-refractivity contribution in [2.45, 2.75) is 19.6 Å². The van der Waals surface area contributed by atoms with Crippen molar-refractivity contribution in [1.29, 1.82) is 0 Å². The van der Waals surface area contributed by atoms with Gasteiger partial charge in [0.05, 0.1) is 12.3 Å². The molecule has 0 bridgehead atoms. The first kappa shape index (κ1) is 21.1. The minimum Gasteiger partial charge on any atom is -0.342 e. The number of carbonyl (C=O) groups excluding carboxylic acids is 2. The van der Waals surface area contributed by atoms with Crippen molar-refractivity contribution in [2.24, 2.45) is 0 Å². The van der Waals surface area contributed by atoms with Gasteiger partial charge in [0.2, 0.25) is 11.8 Å². The highest BCUT2D eigenvalue weighted by atomic mass is 35.5. The monoisotopic (exact) mass is 397 g/mol. The Morgan fingerprint density at radius 1 is 1.15 bits per heavy atom. The third-order valence-corrected chi connectivity index (χ3v) is 5.81. The molecule has 1 fully saturated rings. The maximum Gasteiger partial charge on any atom is 0.236 e. The minimum absolute atomic E-state index is 0.173. The van der Waals surface area contributed by atoms with Gasteiger partial charge in [-0.15, -0.1) is 11.8 Å². The van der Waals surface area contributed by atoms with Crippen molar-refractivity contribution in [1.82, 2.24) is 14.7 Å². The van der Waals surface area contributed by atoms with Crippen LogP contribution in [-0.4, -0.2) is 78.1 Å². The van der Waals surface area contributed by atoms with Gasteiger partial charge in [-0.25, -0.2) is 0 Å². The highest BCUT2D eigenvalue weighted by molar-refractivity contribution is 7.99. The second kappa shape index (κ2) is 10.8. The summed E-state index contributed by atoms with van der Waals surface area (Å²) in [5.41, 5.74) is 1.13. The SMILES string of the molecule is CCN(CC)C(=O)CN1CCN(C(=O)CSCc2cccc(Cl)c2)CC1. The minimum atomic E-state index is 0.173. The van der Waals surface area contributed by atoms with Gasteiger partial charge in [0, 0.05) is 50.0 Å². The number of nitrogens with zero attached hydrogens (tertiary/aromatic N) is 3. The zero-order chi connectivity index (χ0) is 18.9. The van der Waals surface area contributed by atoms with E-state index >= 15 is 0 Å². The predicted molar refractivity (Wildman–Crippen MR) is 109 cm³/mol. The number of halogens is 1. The Morgan fingerprint density at radius 2 is 1.85 bits per heavy atom. The number of likely N-dealkylation sites (N-methyl/N-ethyl adjacent to an activating group) is 1. The van der Waals surface area contributed by atoms with Crippen LogP contribution in [0, 0.1) is 0 Å². The standard InChI is InChI=1S/C19H28ClN3O2S/c1-3-22(4-2)18(24)13-21-8-10-23(11-9-21)19(25)15-26-14-16-6-5-7-17(20)12-16/h5-7,12H,3-4,8-11,13-15H2,1-2H3. The Morgan fingerprint density at radius 3 is 2.46 bits per heavy atom. The summed E-state index contributed by atoms with van der Waals surface area (Å²) in [6.07, 6.45) is 0. The smallest absolute Gasteiger partial charge is 0.236 e. The van der Waals surface area contributed by atoms with Crippen molar-refractivity contribution in [3.63, 3.8) is 0 Å². The highest BCUT2D eigenvalue weighted by Gasteiger charge is 2.23. The van der Waals surface area contributed by atoms with E-state index in [0.29, 0.717) is 25.4 Å². The molecule has 0 radical (unpaired) electrons. The zero-order valence-corrected chi connectivity index (χ0v) is 17.2. The van der Waals surface area contributed by atoms with E-state index in [4.69, 9.17) is 11.6 Å². The maximum absolute atomic E-state index is 12.4. The predicted octanol–water partition coefficient (Wildman–Crippen LogP) is 2.59. The molecule has 1 aromatic carbocycles. The van der Waals surface area contributed by atoms with Gasteiger partial charge >= 0.3 is 0 Å².